The Morgan fingerprint density at radius 2 is 1.82 bits per heavy atom. The maximum atomic E-state index is 8.92. The topological polar surface area (TPSA) is 49.7 Å². The van der Waals surface area contributed by atoms with Crippen molar-refractivity contribution in [3.8, 4) is 11.8 Å². The molecule has 0 bridgehead atoms. The van der Waals surface area contributed by atoms with Crippen LogP contribution in [0.4, 0.5) is 0 Å². The van der Waals surface area contributed by atoms with Crippen molar-refractivity contribution in [2.24, 2.45) is 0 Å². The van der Waals surface area contributed by atoms with Crippen molar-refractivity contribution in [2.45, 2.75) is 19.8 Å². The van der Waals surface area contributed by atoms with E-state index in [-0.39, 0.29) is 0 Å². The van der Waals surface area contributed by atoms with Crippen LogP contribution in [-0.4, -0.2) is 30.4 Å². The van der Waals surface area contributed by atoms with Crippen LogP contribution in [-0.2, 0) is 4.74 Å². The van der Waals surface area contributed by atoms with Gasteiger partial charge in [-0.05, 0) is 31.3 Å². The number of hydrogen-bond acceptors (Lipinski definition) is 3. The van der Waals surface area contributed by atoms with Crippen molar-refractivity contribution < 1.29 is 14.8 Å². The van der Waals surface area contributed by atoms with Crippen LogP contribution in [0, 0.1) is 11.8 Å². The Morgan fingerprint density at radius 3 is 2.29 bits per heavy atom. The second-order valence-corrected chi connectivity index (χ2v) is 3.66. The lowest BCUT2D eigenvalue weighted by Gasteiger charge is -2.00. The van der Waals surface area contributed by atoms with Crippen LogP contribution in [0.1, 0.15) is 25.3 Å². The van der Waals surface area contributed by atoms with Gasteiger partial charge in [0.05, 0.1) is 0 Å². The third-order valence-corrected chi connectivity index (χ3v) is 2.33. The van der Waals surface area contributed by atoms with Crippen molar-refractivity contribution in [1.82, 2.24) is 0 Å². The lowest BCUT2D eigenvalue weighted by atomic mass is 9.77. The Balaban J connectivity index is 0.000000239. The van der Waals surface area contributed by atoms with Crippen molar-refractivity contribution in [3.63, 3.8) is 0 Å². The highest BCUT2D eigenvalue weighted by molar-refractivity contribution is 6.59. The first-order chi connectivity index (χ1) is 8.25. The molecule has 1 aliphatic heterocycles. The first-order valence-electron chi connectivity index (χ1n) is 5.71. The molecule has 0 amide bonds. The second-order valence-electron chi connectivity index (χ2n) is 3.66. The molecule has 1 aromatic carbocycles. The van der Waals surface area contributed by atoms with Gasteiger partial charge in [0, 0.05) is 18.8 Å². The predicted octanol–water partition coefficient (Wildman–Crippen LogP) is 0.535. The molecule has 1 heterocycles. The molecular weight excluding hydrogens is 215 g/mol. The van der Waals surface area contributed by atoms with Gasteiger partial charge in [-0.1, -0.05) is 24.1 Å². The van der Waals surface area contributed by atoms with Crippen LogP contribution in [0.25, 0.3) is 0 Å². The summed E-state index contributed by atoms with van der Waals surface area (Å²) in [5, 5.41) is 17.8. The fourth-order valence-corrected chi connectivity index (χ4v) is 1.48. The van der Waals surface area contributed by atoms with Gasteiger partial charge in [0.2, 0.25) is 0 Å². The van der Waals surface area contributed by atoms with Crippen molar-refractivity contribution >= 4 is 12.6 Å². The molecule has 0 unspecified atom stereocenters. The summed E-state index contributed by atoms with van der Waals surface area (Å²) in [6.45, 7) is 3.71. The fourth-order valence-electron chi connectivity index (χ4n) is 1.48. The van der Waals surface area contributed by atoms with Gasteiger partial charge in [-0.15, -0.1) is 5.92 Å². The van der Waals surface area contributed by atoms with E-state index in [0.717, 1.165) is 13.2 Å². The van der Waals surface area contributed by atoms with Crippen LogP contribution >= 0.6 is 0 Å². The Morgan fingerprint density at radius 1 is 1.18 bits per heavy atom. The van der Waals surface area contributed by atoms with Crippen molar-refractivity contribution in [3.05, 3.63) is 29.8 Å². The highest BCUT2D eigenvalue weighted by Crippen LogP contribution is 1.98. The summed E-state index contributed by atoms with van der Waals surface area (Å²) in [6.07, 6.45) is 2.56. The highest BCUT2D eigenvalue weighted by Gasteiger charge is 2.13. The smallest absolute Gasteiger partial charge is 0.423 e. The largest absolute Gasteiger partial charge is 0.489 e. The van der Waals surface area contributed by atoms with E-state index in [0.29, 0.717) is 11.0 Å². The van der Waals surface area contributed by atoms with Crippen molar-refractivity contribution in [1.29, 1.82) is 0 Å². The van der Waals surface area contributed by atoms with E-state index < -0.39 is 7.12 Å². The van der Waals surface area contributed by atoms with Crippen LogP contribution in [0.15, 0.2) is 24.3 Å². The monoisotopic (exact) mass is 232 g/mol. The molecule has 3 nitrogen and oxygen atoms in total. The molecular formula is C13H17BO3. The van der Waals surface area contributed by atoms with E-state index in [1.54, 1.807) is 25.1 Å². The summed E-state index contributed by atoms with van der Waals surface area (Å²) < 4.78 is 4.94. The molecule has 2 rings (SSSR count). The number of ether oxygens (including phenoxy) is 1. The molecule has 0 aromatic heterocycles. The minimum atomic E-state index is -1.44. The second kappa shape index (κ2) is 7.91. The minimum Gasteiger partial charge on any atom is -0.423 e. The summed E-state index contributed by atoms with van der Waals surface area (Å²) in [6, 6.07) is 6.96. The van der Waals surface area contributed by atoms with E-state index in [4.69, 9.17) is 14.8 Å². The number of benzene rings is 1. The summed E-state index contributed by atoms with van der Waals surface area (Å²) in [5.41, 5.74) is 1.11. The lowest BCUT2D eigenvalue weighted by Crippen LogP contribution is -2.32. The van der Waals surface area contributed by atoms with Gasteiger partial charge < -0.3 is 14.8 Å². The molecule has 2 N–H and O–H groups in total. The molecule has 1 aromatic rings. The molecule has 1 saturated heterocycles. The summed E-state index contributed by atoms with van der Waals surface area (Å²) in [4.78, 5) is 0. The zero-order valence-electron chi connectivity index (χ0n) is 10.0. The molecule has 0 atom stereocenters. The normalized spacial score (nSPS) is 13.1. The minimum absolute atomic E-state index is 0.451. The third-order valence-electron chi connectivity index (χ3n) is 2.33. The quantitative estimate of drug-likeness (QED) is 0.548. The first kappa shape index (κ1) is 13.8. The summed E-state index contributed by atoms with van der Waals surface area (Å²) >= 11 is 0. The van der Waals surface area contributed by atoms with E-state index in [2.05, 4.69) is 11.8 Å². The van der Waals surface area contributed by atoms with Gasteiger partial charge in [0.25, 0.3) is 0 Å². The zero-order chi connectivity index (χ0) is 12.5. The molecule has 17 heavy (non-hydrogen) atoms. The Hall–Kier alpha value is -1.28. The predicted molar refractivity (Wildman–Crippen MR) is 68.9 cm³/mol. The molecule has 0 radical (unpaired) electrons. The highest BCUT2D eigenvalue weighted by atomic mass is 16.5. The average Bonchev–Trinajstić information content (AvgIpc) is 2.88. The molecule has 90 valence electrons. The van der Waals surface area contributed by atoms with Gasteiger partial charge in [-0.25, -0.2) is 0 Å². The van der Waals surface area contributed by atoms with E-state index in [1.165, 1.54) is 12.8 Å². The van der Waals surface area contributed by atoms with E-state index >= 15 is 0 Å². The average molecular weight is 232 g/mol. The zero-order valence-corrected chi connectivity index (χ0v) is 10.0. The fraction of sp³-hybridized carbons (Fsp3) is 0.385. The molecule has 0 spiro atoms. The van der Waals surface area contributed by atoms with Gasteiger partial charge in [0.15, 0.2) is 0 Å². The molecule has 0 aliphatic carbocycles. The lowest BCUT2D eigenvalue weighted by molar-refractivity contribution is 0.198. The van der Waals surface area contributed by atoms with Crippen molar-refractivity contribution in [2.75, 3.05) is 13.2 Å². The maximum Gasteiger partial charge on any atom is 0.489 e. The van der Waals surface area contributed by atoms with Crippen LogP contribution in [0.3, 0.4) is 0 Å². The van der Waals surface area contributed by atoms with Gasteiger partial charge in [0.1, 0.15) is 0 Å². The molecule has 4 heteroatoms. The van der Waals surface area contributed by atoms with Crippen LogP contribution in [0.2, 0.25) is 0 Å². The molecule has 1 aliphatic rings. The van der Waals surface area contributed by atoms with E-state index in [9.17, 15) is 0 Å². The summed E-state index contributed by atoms with van der Waals surface area (Å²) in [7, 11) is -1.44. The first-order valence-corrected chi connectivity index (χ1v) is 5.71. The molecule has 1 fully saturated rings. The number of hydrogen-bond donors (Lipinski definition) is 2. The Bertz CT molecular complexity index is 382. The number of rotatable bonds is 1. The van der Waals surface area contributed by atoms with Crippen LogP contribution in [0.5, 0.6) is 0 Å². The standard InChI is InChI=1S/C9H9BO2.C4H8O/c1-2-5-8-6-3-4-7-9(8)10(11)12;1-2-4-5-3-1/h3-4,6-7,11-12H,1H3;1-4H2. The van der Waals surface area contributed by atoms with Crippen LogP contribution < -0.4 is 5.46 Å². The van der Waals surface area contributed by atoms with Gasteiger partial charge >= 0.3 is 7.12 Å². The Labute approximate surface area is 103 Å². The third kappa shape index (κ3) is 5.05. The van der Waals surface area contributed by atoms with Gasteiger partial charge in [-0.3, -0.25) is 0 Å². The van der Waals surface area contributed by atoms with Gasteiger partial charge in [-0.2, -0.15) is 0 Å². The van der Waals surface area contributed by atoms with E-state index in [1.807, 2.05) is 6.07 Å². The SMILES string of the molecule is C1CCOC1.CC#Cc1ccccc1B(O)O. The maximum absolute atomic E-state index is 8.92. The molecule has 0 saturated carbocycles. The summed E-state index contributed by atoms with van der Waals surface area (Å²) in [5.74, 6) is 5.49. The Kier molecular flexibility index (Phi) is 6.42.